The highest BCUT2D eigenvalue weighted by Crippen LogP contribution is 2.38. The van der Waals surface area contributed by atoms with Crippen LogP contribution in [0.15, 0.2) is 28.8 Å². The van der Waals surface area contributed by atoms with Crippen molar-refractivity contribution >= 4 is 5.91 Å². The second-order valence-corrected chi connectivity index (χ2v) is 5.44. The molecule has 1 N–H and O–H groups in total. The highest BCUT2D eigenvalue weighted by Gasteiger charge is 2.31. The van der Waals surface area contributed by atoms with Crippen LogP contribution < -0.4 is 10.1 Å². The third kappa shape index (κ3) is 2.37. The molecule has 0 spiro atoms. The van der Waals surface area contributed by atoms with Crippen LogP contribution in [0.1, 0.15) is 42.0 Å². The largest absolute Gasteiger partial charge is 0.492 e. The van der Waals surface area contributed by atoms with Gasteiger partial charge in [0.25, 0.3) is 0 Å². The van der Waals surface area contributed by atoms with Gasteiger partial charge in [-0.15, -0.1) is 0 Å². The van der Waals surface area contributed by atoms with E-state index in [9.17, 15) is 4.79 Å². The van der Waals surface area contributed by atoms with Crippen molar-refractivity contribution < 1.29 is 14.1 Å². The molecule has 2 aliphatic rings. The van der Waals surface area contributed by atoms with Crippen molar-refractivity contribution in [2.75, 3.05) is 6.61 Å². The maximum Gasteiger partial charge on any atom is 0.246 e. The van der Waals surface area contributed by atoms with Gasteiger partial charge in [-0.25, -0.2) is 0 Å². The van der Waals surface area contributed by atoms with Crippen molar-refractivity contribution in [3.05, 3.63) is 41.5 Å². The highest BCUT2D eigenvalue weighted by atomic mass is 16.5. The first-order chi connectivity index (χ1) is 10.3. The molecule has 1 aliphatic carbocycles. The lowest BCUT2D eigenvalue weighted by Gasteiger charge is -2.08. The molecule has 21 heavy (non-hydrogen) atoms. The summed E-state index contributed by atoms with van der Waals surface area (Å²) < 4.78 is 10.7. The van der Waals surface area contributed by atoms with E-state index in [1.54, 1.807) is 0 Å². The monoisotopic (exact) mass is 285 g/mol. The van der Waals surface area contributed by atoms with Gasteiger partial charge in [0.15, 0.2) is 5.82 Å². The summed E-state index contributed by atoms with van der Waals surface area (Å²) in [6, 6.07) is 7.61. The Morgan fingerprint density at radius 2 is 2.19 bits per heavy atom. The number of nitrogens with zero attached hydrogens (tertiary/aromatic N) is 2. The number of rotatable bonds is 4. The van der Waals surface area contributed by atoms with Crippen molar-refractivity contribution in [1.82, 2.24) is 15.5 Å². The molecule has 1 aliphatic heterocycles. The highest BCUT2D eigenvalue weighted by molar-refractivity contribution is 5.85. The van der Waals surface area contributed by atoms with Gasteiger partial charge in [-0.2, -0.15) is 4.98 Å². The molecule has 1 fully saturated rings. The number of benzene rings is 1. The Kier molecular flexibility index (Phi) is 2.87. The van der Waals surface area contributed by atoms with Crippen LogP contribution in [0.2, 0.25) is 0 Å². The lowest BCUT2D eigenvalue weighted by Crippen LogP contribution is -2.29. The van der Waals surface area contributed by atoms with Crippen molar-refractivity contribution in [2.24, 2.45) is 0 Å². The second-order valence-electron chi connectivity index (χ2n) is 5.44. The molecular weight excluding hydrogens is 270 g/mol. The predicted molar refractivity (Wildman–Crippen MR) is 72.8 cm³/mol. The summed E-state index contributed by atoms with van der Waals surface area (Å²) in [4.78, 5) is 16.5. The minimum absolute atomic E-state index is 0.0777. The molecule has 2 heterocycles. The molecule has 0 saturated heterocycles. The number of carbonyl (C=O) groups excluding carboxylic acids is 1. The van der Waals surface area contributed by atoms with E-state index < -0.39 is 0 Å². The summed E-state index contributed by atoms with van der Waals surface area (Å²) in [5.74, 6) is 2.10. The Bertz CT molecular complexity index is 678. The van der Waals surface area contributed by atoms with Crippen molar-refractivity contribution in [3.63, 3.8) is 0 Å². The molecule has 1 atom stereocenters. The topological polar surface area (TPSA) is 77.3 Å². The van der Waals surface area contributed by atoms with Crippen LogP contribution in [0.5, 0.6) is 5.75 Å². The molecule has 1 aromatic heterocycles. The quantitative estimate of drug-likeness (QED) is 0.925. The standard InChI is InChI=1S/C15H15N3O3/c19-15(11-8-20-12-4-2-1-3-10(11)12)16-7-13-17-14(18-21-13)9-5-6-9/h1-4,9,11H,5-8H2,(H,16,19)/t11-/m0/s1. The lowest BCUT2D eigenvalue weighted by molar-refractivity contribution is -0.123. The molecule has 1 amide bonds. The van der Waals surface area contributed by atoms with Crippen LogP contribution in [0.4, 0.5) is 0 Å². The van der Waals surface area contributed by atoms with E-state index in [1.165, 1.54) is 0 Å². The fourth-order valence-corrected chi connectivity index (χ4v) is 2.51. The smallest absolute Gasteiger partial charge is 0.246 e. The predicted octanol–water partition coefficient (Wildman–Crippen LogP) is 1.74. The van der Waals surface area contributed by atoms with Gasteiger partial charge in [0.2, 0.25) is 11.8 Å². The van der Waals surface area contributed by atoms with Crippen molar-refractivity contribution in [2.45, 2.75) is 31.2 Å². The number of ether oxygens (including phenoxy) is 1. The van der Waals surface area contributed by atoms with Crippen molar-refractivity contribution in [1.29, 1.82) is 0 Å². The van der Waals surface area contributed by atoms with Crippen LogP contribution in [0.3, 0.4) is 0 Å². The molecule has 4 rings (SSSR count). The van der Waals surface area contributed by atoms with Gasteiger partial charge in [0.1, 0.15) is 18.3 Å². The number of nitrogens with one attached hydrogen (secondary N) is 1. The van der Waals surface area contributed by atoms with Gasteiger partial charge < -0.3 is 14.6 Å². The van der Waals surface area contributed by atoms with Crippen LogP contribution in [-0.2, 0) is 11.3 Å². The summed E-state index contributed by atoms with van der Waals surface area (Å²) in [6.07, 6.45) is 2.25. The van der Waals surface area contributed by atoms with Crippen LogP contribution in [-0.4, -0.2) is 22.7 Å². The molecule has 1 saturated carbocycles. The minimum Gasteiger partial charge on any atom is -0.492 e. The molecule has 0 unspecified atom stereocenters. The molecule has 6 heteroatoms. The Labute approximate surface area is 121 Å². The van der Waals surface area contributed by atoms with E-state index in [-0.39, 0.29) is 18.4 Å². The van der Waals surface area contributed by atoms with E-state index in [2.05, 4.69) is 15.5 Å². The van der Waals surface area contributed by atoms with Gasteiger partial charge in [-0.1, -0.05) is 23.4 Å². The van der Waals surface area contributed by atoms with Crippen LogP contribution >= 0.6 is 0 Å². The van der Waals surface area contributed by atoms with E-state index >= 15 is 0 Å². The molecule has 1 aromatic carbocycles. The van der Waals surface area contributed by atoms with Gasteiger partial charge in [0.05, 0.1) is 6.54 Å². The second kappa shape index (κ2) is 4.87. The molecular formula is C15H15N3O3. The van der Waals surface area contributed by atoms with Crippen molar-refractivity contribution in [3.8, 4) is 5.75 Å². The maximum absolute atomic E-state index is 12.3. The number of amides is 1. The molecule has 0 bridgehead atoms. The maximum atomic E-state index is 12.3. The fourth-order valence-electron chi connectivity index (χ4n) is 2.51. The summed E-state index contributed by atoms with van der Waals surface area (Å²) >= 11 is 0. The Morgan fingerprint density at radius 1 is 1.33 bits per heavy atom. The summed E-state index contributed by atoms with van der Waals surface area (Å²) in [6.45, 7) is 0.638. The zero-order chi connectivity index (χ0) is 14.2. The minimum atomic E-state index is -0.271. The van der Waals surface area contributed by atoms with Crippen LogP contribution in [0.25, 0.3) is 0 Å². The number of hydrogen-bond donors (Lipinski definition) is 1. The fraction of sp³-hybridized carbons (Fsp3) is 0.400. The number of para-hydroxylation sites is 1. The third-order valence-electron chi connectivity index (χ3n) is 3.86. The number of hydrogen-bond acceptors (Lipinski definition) is 5. The SMILES string of the molecule is O=C(NCc1nc(C2CC2)no1)[C@H]1COc2ccccc21. The molecule has 2 aromatic rings. The first-order valence-corrected chi connectivity index (χ1v) is 7.13. The van der Waals surface area contributed by atoms with E-state index in [0.29, 0.717) is 18.4 Å². The molecule has 108 valence electrons. The van der Waals surface area contributed by atoms with E-state index in [1.807, 2.05) is 24.3 Å². The Balaban J connectivity index is 1.39. The number of aromatic nitrogens is 2. The summed E-state index contributed by atoms with van der Waals surface area (Å²) in [5, 5.41) is 6.77. The van der Waals surface area contributed by atoms with Gasteiger partial charge in [-0.3, -0.25) is 4.79 Å². The van der Waals surface area contributed by atoms with Gasteiger partial charge in [-0.05, 0) is 18.9 Å². The molecule has 6 nitrogen and oxygen atoms in total. The van der Waals surface area contributed by atoms with Gasteiger partial charge >= 0.3 is 0 Å². The zero-order valence-electron chi connectivity index (χ0n) is 11.4. The summed E-state index contributed by atoms with van der Waals surface area (Å²) in [5.41, 5.74) is 0.930. The first-order valence-electron chi connectivity index (χ1n) is 7.13. The average Bonchev–Trinajstić information content (AvgIpc) is 3.10. The van der Waals surface area contributed by atoms with Crippen LogP contribution in [0, 0.1) is 0 Å². The van der Waals surface area contributed by atoms with E-state index in [0.717, 1.165) is 30.0 Å². The molecule has 0 radical (unpaired) electrons. The zero-order valence-corrected chi connectivity index (χ0v) is 11.4. The normalized spacial score (nSPS) is 19.9. The number of fused-ring (bicyclic) bond motifs is 1. The van der Waals surface area contributed by atoms with E-state index in [4.69, 9.17) is 9.26 Å². The first kappa shape index (κ1) is 12.4. The average molecular weight is 285 g/mol. The van der Waals surface area contributed by atoms with Gasteiger partial charge in [0, 0.05) is 11.5 Å². The Hall–Kier alpha value is -2.37. The number of carbonyl (C=O) groups is 1. The summed E-state index contributed by atoms with van der Waals surface area (Å²) in [7, 11) is 0. The lowest BCUT2D eigenvalue weighted by atomic mass is 10.0. The Morgan fingerprint density at radius 3 is 3.05 bits per heavy atom. The third-order valence-corrected chi connectivity index (χ3v) is 3.86.